The molecule has 0 saturated carbocycles. The van der Waals surface area contributed by atoms with Gasteiger partial charge in [0.2, 0.25) is 0 Å². The lowest BCUT2D eigenvalue weighted by Gasteiger charge is -2.27. The van der Waals surface area contributed by atoms with Crippen LogP contribution in [0.1, 0.15) is 44.2 Å². The predicted molar refractivity (Wildman–Crippen MR) is 93.7 cm³/mol. The maximum Gasteiger partial charge on any atom is 0.297 e. The predicted octanol–water partition coefficient (Wildman–Crippen LogP) is 4.06. The van der Waals surface area contributed by atoms with Crippen LogP contribution in [0, 0.1) is 6.92 Å². The van der Waals surface area contributed by atoms with E-state index in [-0.39, 0.29) is 6.10 Å². The molecule has 1 fully saturated rings. The van der Waals surface area contributed by atoms with E-state index in [0.29, 0.717) is 11.3 Å². The largest absolute Gasteiger partial charge is 0.297 e. The molecule has 5 heteroatoms. The third kappa shape index (κ3) is 4.43. The molecule has 1 heterocycles. The van der Waals surface area contributed by atoms with E-state index in [0.717, 1.165) is 24.0 Å². The summed E-state index contributed by atoms with van der Waals surface area (Å²) in [6.07, 6.45) is 3.70. The zero-order valence-electron chi connectivity index (χ0n) is 14.0. The summed E-state index contributed by atoms with van der Waals surface area (Å²) in [4.78, 5) is 0.355. The lowest BCUT2D eigenvalue weighted by molar-refractivity contribution is 0.194. The van der Waals surface area contributed by atoms with Gasteiger partial charge in [-0.25, -0.2) is 0 Å². The standard InChI is InChI=1S/C17H28O3SSi/c1-4-10-22-11-8-16(9-12-22)20-21(18,19)17-7-6-14(3)13-15(17)5-2/h6-7,13,16,22H,4-5,8-12H2,1-3H3/t16-,22-. The van der Waals surface area contributed by atoms with Gasteiger partial charge in [0.05, 0.1) is 11.0 Å². The highest BCUT2D eigenvalue weighted by Gasteiger charge is 2.28. The summed E-state index contributed by atoms with van der Waals surface area (Å²) in [6, 6.07) is 9.32. The number of benzene rings is 1. The van der Waals surface area contributed by atoms with Crippen LogP contribution in [0.2, 0.25) is 18.1 Å². The van der Waals surface area contributed by atoms with Crippen molar-refractivity contribution in [3.8, 4) is 0 Å². The fourth-order valence-electron chi connectivity index (χ4n) is 3.38. The highest BCUT2D eigenvalue weighted by atomic mass is 32.2. The van der Waals surface area contributed by atoms with E-state index in [2.05, 4.69) is 6.92 Å². The first-order valence-electron chi connectivity index (χ1n) is 8.49. The van der Waals surface area contributed by atoms with Crippen molar-refractivity contribution in [1.29, 1.82) is 0 Å². The second-order valence-corrected chi connectivity index (χ2v) is 11.5. The van der Waals surface area contributed by atoms with Crippen molar-refractivity contribution >= 4 is 18.9 Å². The Balaban J connectivity index is 2.06. The fourth-order valence-corrected chi connectivity index (χ4v) is 8.17. The molecule has 0 aliphatic carbocycles. The molecule has 1 aliphatic rings. The van der Waals surface area contributed by atoms with Crippen molar-refractivity contribution in [3.63, 3.8) is 0 Å². The van der Waals surface area contributed by atoms with Gasteiger partial charge in [0.1, 0.15) is 0 Å². The van der Waals surface area contributed by atoms with Gasteiger partial charge in [-0.05, 0) is 37.8 Å². The van der Waals surface area contributed by atoms with Crippen LogP contribution in [0.25, 0.3) is 0 Å². The second-order valence-electron chi connectivity index (χ2n) is 6.45. The van der Waals surface area contributed by atoms with Crippen molar-refractivity contribution in [2.24, 2.45) is 0 Å². The van der Waals surface area contributed by atoms with E-state index in [1.807, 2.05) is 26.0 Å². The van der Waals surface area contributed by atoms with E-state index in [9.17, 15) is 8.42 Å². The molecule has 3 nitrogen and oxygen atoms in total. The van der Waals surface area contributed by atoms with Crippen LogP contribution in [0.5, 0.6) is 0 Å². The molecule has 0 spiro atoms. The van der Waals surface area contributed by atoms with Crippen LogP contribution in [0.3, 0.4) is 0 Å². The minimum Gasteiger partial charge on any atom is -0.263 e. The molecule has 1 aliphatic heterocycles. The summed E-state index contributed by atoms with van der Waals surface area (Å²) in [6.45, 7) is 6.20. The van der Waals surface area contributed by atoms with Gasteiger partial charge in [0.25, 0.3) is 10.1 Å². The van der Waals surface area contributed by atoms with Gasteiger partial charge in [-0.2, -0.15) is 8.42 Å². The SMILES string of the molecule is CCC[Si@H]1CC[C@H](OS(=O)(=O)c2ccc(C)cc2CC)CC1. The molecule has 0 atom stereocenters. The number of rotatable bonds is 6. The van der Waals surface area contributed by atoms with Crippen LogP contribution in [-0.4, -0.2) is 23.3 Å². The van der Waals surface area contributed by atoms with E-state index < -0.39 is 18.9 Å². The minimum absolute atomic E-state index is 0.114. The molecule has 0 bridgehead atoms. The average molecular weight is 341 g/mol. The van der Waals surface area contributed by atoms with Gasteiger partial charge in [0, 0.05) is 8.80 Å². The zero-order valence-corrected chi connectivity index (χ0v) is 15.9. The number of aryl methyl sites for hydroxylation is 2. The molecule has 1 saturated heterocycles. The van der Waals surface area contributed by atoms with Crippen LogP contribution < -0.4 is 0 Å². The van der Waals surface area contributed by atoms with Gasteiger partial charge in [-0.3, -0.25) is 4.18 Å². The van der Waals surface area contributed by atoms with E-state index in [1.165, 1.54) is 24.6 Å². The quantitative estimate of drug-likeness (QED) is 0.579. The van der Waals surface area contributed by atoms with Gasteiger partial charge in [0.15, 0.2) is 0 Å². The van der Waals surface area contributed by atoms with Crippen molar-refractivity contribution in [2.75, 3.05) is 0 Å². The molecule has 0 radical (unpaired) electrons. The van der Waals surface area contributed by atoms with Crippen LogP contribution in [-0.2, 0) is 20.7 Å². The van der Waals surface area contributed by atoms with Crippen LogP contribution >= 0.6 is 0 Å². The highest BCUT2D eigenvalue weighted by molar-refractivity contribution is 7.86. The summed E-state index contributed by atoms with van der Waals surface area (Å²) in [5.74, 6) is 0. The van der Waals surface area contributed by atoms with Gasteiger partial charge >= 0.3 is 0 Å². The topological polar surface area (TPSA) is 43.4 Å². The molecule has 22 heavy (non-hydrogen) atoms. The molecule has 0 N–H and O–H groups in total. The zero-order chi connectivity index (χ0) is 16.2. The first kappa shape index (κ1) is 17.7. The Kier molecular flexibility index (Phi) is 6.23. The minimum atomic E-state index is -3.63. The second kappa shape index (κ2) is 7.75. The summed E-state index contributed by atoms with van der Waals surface area (Å²) in [5, 5.41) is 0. The van der Waals surface area contributed by atoms with Crippen LogP contribution in [0.15, 0.2) is 23.1 Å². The monoisotopic (exact) mass is 340 g/mol. The van der Waals surface area contributed by atoms with Gasteiger partial charge in [-0.1, -0.05) is 56.1 Å². The maximum atomic E-state index is 12.6. The first-order chi connectivity index (χ1) is 10.5. The summed E-state index contributed by atoms with van der Waals surface area (Å²) >= 11 is 0. The molecule has 124 valence electrons. The number of hydrogen-bond donors (Lipinski definition) is 0. The smallest absolute Gasteiger partial charge is 0.263 e. The first-order valence-corrected chi connectivity index (χ1v) is 12.3. The average Bonchev–Trinajstić information content (AvgIpc) is 2.49. The summed E-state index contributed by atoms with van der Waals surface area (Å²) in [7, 11) is -4.24. The molecule has 1 aromatic rings. The van der Waals surface area contributed by atoms with E-state index in [1.54, 1.807) is 6.07 Å². The molecular weight excluding hydrogens is 312 g/mol. The Morgan fingerprint density at radius 2 is 1.91 bits per heavy atom. The summed E-state index contributed by atoms with van der Waals surface area (Å²) < 4.78 is 30.7. The Morgan fingerprint density at radius 1 is 1.23 bits per heavy atom. The molecule has 0 aromatic heterocycles. The Labute approximate surface area is 136 Å². The summed E-state index contributed by atoms with van der Waals surface area (Å²) in [5.41, 5.74) is 1.94. The van der Waals surface area contributed by atoms with Crippen molar-refractivity contribution in [3.05, 3.63) is 29.3 Å². The Hall–Kier alpha value is -0.653. The fraction of sp³-hybridized carbons (Fsp3) is 0.647. The number of hydrogen-bond acceptors (Lipinski definition) is 3. The van der Waals surface area contributed by atoms with E-state index in [4.69, 9.17) is 4.18 Å². The Morgan fingerprint density at radius 3 is 2.50 bits per heavy atom. The highest BCUT2D eigenvalue weighted by Crippen LogP contribution is 2.29. The molecule has 2 rings (SSSR count). The van der Waals surface area contributed by atoms with Crippen molar-refractivity contribution in [1.82, 2.24) is 0 Å². The van der Waals surface area contributed by atoms with Crippen molar-refractivity contribution < 1.29 is 12.6 Å². The molecule has 1 aromatic carbocycles. The lowest BCUT2D eigenvalue weighted by Crippen LogP contribution is -2.28. The molecule has 0 unspecified atom stereocenters. The normalized spacial score (nSPS) is 22.7. The molecule has 0 amide bonds. The van der Waals surface area contributed by atoms with E-state index >= 15 is 0 Å². The Bertz CT molecular complexity index is 590. The van der Waals surface area contributed by atoms with Gasteiger partial charge < -0.3 is 0 Å². The third-order valence-electron chi connectivity index (χ3n) is 4.62. The van der Waals surface area contributed by atoms with Crippen LogP contribution in [0.4, 0.5) is 0 Å². The van der Waals surface area contributed by atoms with Crippen molar-refractivity contribution in [2.45, 2.75) is 75.6 Å². The maximum absolute atomic E-state index is 12.6. The molecular formula is C17H28O3SSi. The third-order valence-corrected chi connectivity index (χ3v) is 9.78. The lowest BCUT2D eigenvalue weighted by atomic mass is 10.1. The van der Waals surface area contributed by atoms with Gasteiger partial charge in [-0.15, -0.1) is 0 Å².